The zero-order valence-corrected chi connectivity index (χ0v) is 10.2. The Morgan fingerprint density at radius 2 is 2.06 bits per heavy atom. The molecule has 0 aliphatic carbocycles. The molecule has 1 aromatic heterocycles. The van der Waals surface area contributed by atoms with Crippen LogP contribution in [0.1, 0.15) is 12.2 Å². The number of rotatable bonds is 2. The molecule has 0 fully saturated rings. The average molecular weight is 245 g/mol. The van der Waals surface area contributed by atoms with Gasteiger partial charge in [0.1, 0.15) is 11.6 Å². The van der Waals surface area contributed by atoms with E-state index in [0.29, 0.717) is 6.42 Å². The summed E-state index contributed by atoms with van der Waals surface area (Å²) in [7, 11) is 1.65. The van der Waals surface area contributed by atoms with Crippen molar-refractivity contribution in [2.24, 2.45) is 0 Å². The first kappa shape index (κ1) is 11.2. The third-order valence-electron chi connectivity index (χ3n) is 3.28. The quantitative estimate of drug-likeness (QED) is 0.865. The van der Waals surface area contributed by atoms with E-state index in [0.717, 1.165) is 35.9 Å². The maximum Gasteiger partial charge on any atom is 0.163 e. The van der Waals surface area contributed by atoms with Gasteiger partial charge in [-0.1, -0.05) is 0 Å². The molecule has 0 saturated heterocycles. The van der Waals surface area contributed by atoms with Gasteiger partial charge in [0.25, 0.3) is 0 Å². The van der Waals surface area contributed by atoms with Crippen molar-refractivity contribution in [2.45, 2.75) is 25.5 Å². The van der Waals surface area contributed by atoms with Gasteiger partial charge in [-0.3, -0.25) is 0 Å². The lowest BCUT2D eigenvalue weighted by molar-refractivity contribution is 0.142. The molecule has 0 radical (unpaired) electrons. The first-order valence-electron chi connectivity index (χ1n) is 6.02. The first-order valence-corrected chi connectivity index (χ1v) is 6.02. The van der Waals surface area contributed by atoms with Crippen molar-refractivity contribution in [3.63, 3.8) is 0 Å². The Morgan fingerprint density at radius 3 is 2.78 bits per heavy atom. The maximum absolute atomic E-state index is 9.61. The number of hydrogen-bond donors (Lipinski definition) is 1. The van der Waals surface area contributed by atoms with E-state index in [1.807, 2.05) is 24.3 Å². The third-order valence-corrected chi connectivity index (χ3v) is 3.28. The van der Waals surface area contributed by atoms with Crippen LogP contribution < -0.4 is 4.74 Å². The highest BCUT2D eigenvalue weighted by molar-refractivity contribution is 5.56. The number of ether oxygens (including phenoxy) is 1. The molecule has 1 N–H and O–H groups in total. The number of fused-ring (bicyclic) bond motifs is 1. The molecule has 0 amide bonds. The molecular formula is C13H15N3O2. The van der Waals surface area contributed by atoms with Crippen LogP contribution in [0.3, 0.4) is 0 Å². The molecule has 3 rings (SSSR count). The smallest absolute Gasteiger partial charge is 0.163 e. The standard InChI is InChI=1S/C13H15N3O2/c1-18-11-4-2-9(3-5-11)13-15-14-12-8-10(17)6-7-16(12)13/h2-5,10,17H,6-8H2,1H3. The van der Waals surface area contributed by atoms with E-state index in [-0.39, 0.29) is 6.10 Å². The van der Waals surface area contributed by atoms with E-state index in [1.165, 1.54) is 0 Å². The van der Waals surface area contributed by atoms with Gasteiger partial charge < -0.3 is 14.4 Å². The molecule has 0 saturated carbocycles. The fourth-order valence-electron chi connectivity index (χ4n) is 2.27. The second kappa shape index (κ2) is 4.42. The molecular weight excluding hydrogens is 230 g/mol. The second-order valence-electron chi connectivity index (χ2n) is 4.47. The van der Waals surface area contributed by atoms with Gasteiger partial charge >= 0.3 is 0 Å². The maximum atomic E-state index is 9.61. The number of aromatic nitrogens is 3. The van der Waals surface area contributed by atoms with E-state index in [9.17, 15) is 5.11 Å². The molecule has 18 heavy (non-hydrogen) atoms. The lowest BCUT2D eigenvalue weighted by atomic mass is 10.1. The summed E-state index contributed by atoms with van der Waals surface area (Å²) in [5, 5.41) is 18.0. The first-order chi connectivity index (χ1) is 8.78. The minimum Gasteiger partial charge on any atom is -0.497 e. The second-order valence-corrected chi connectivity index (χ2v) is 4.47. The Kier molecular flexibility index (Phi) is 2.76. The summed E-state index contributed by atoms with van der Waals surface area (Å²) in [5.41, 5.74) is 1.02. The van der Waals surface area contributed by atoms with Crippen molar-refractivity contribution < 1.29 is 9.84 Å². The van der Waals surface area contributed by atoms with Crippen LogP contribution in [0.4, 0.5) is 0 Å². The highest BCUT2D eigenvalue weighted by Crippen LogP contribution is 2.24. The normalized spacial score (nSPS) is 18.4. The number of benzene rings is 1. The van der Waals surface area contributed by atoms with Crippen LogP contribution in [0, 0.1) is 0 Å². The Bertz CT molecular complexity index is 548. The molecule has 1 atom stereocenters. The van der Waals surface area contributed by atoms with E-state index < -0.39 is 0 Å². The molecule has 2 heterocycles. The Morgan fingerprint density at radius 1 is 1.28 bits per heavy atom. The summed E-state index contributed by atoms with van der Waals surface area (Å²) in [5.74, 6) is 2.55. The lowest BCUT2D eigenvalue weighted by Crippen LogP contribution is -2.23. The molecule has 0 bridgehead atoms. The van der Waals surface area contributed by atoms with Crippen LogP contribution in [0.2, 0.25) is 0 Å². The van der Waals surface area contributed by atoms with Gasteiger partial charge in [-0.15, -0.1) is 10.2 Å². The largest absolute Gasteiger partial charge is 0.497 e. The highest BCUT2D eigenvalue weighted by Gasteiger charge is 2.21. The Balaban J connectivity index is 1.97. The summed E-state index contributed by atoms with van der Waals surface area (Å²) >= 11 is 0. The molecule has 0 spiro atoms. The minimum atomic E-state index is -0.287. The van der Waals surface area contributed by atoms with Crippen molar-refractivity contribution in [2.75, 3.05) is 7.11 Å². The van der Waals surface area contributed by atoms with Crippen LogP contribution >= 0.6 is 0 Å². The molecule has 5 nitrogen and oxygen atoms in total. The average Bonchev–Trinajstić information content (AvgIpc) is 2.81. The van der Waals surface area contributed by atoms with Crippen molar-refractivity contribution in [1.82, 2.24) is 14.8 Å². The predicted octanol–water partition coefficient (Wildman–Crippen LogP) is 1.26. The van der Waals surface area contributed by atoms with Gasteiger partial charge in [0.2, 0.25) is 0 Å². The lowest BCUT2D eigenvalue weighted by Gasteiger charge is -2.19. The summed E-state index contributed by atoms with van der Waals surface area (Å²) in [4.78, 5) is 0. The topological polar surface area (TPSA) is 60.2 Å². The van der Waals surface area contributed by atoms with E-state index in [2.05, 4.69) is 14.8 Å². The van der Waals surface area contributed by atoms with Gasteiger partial charge in [-0.2, -0.15) is 0 Å². The minimum absolute atomic E-state index is 0.287. The molecule has 2 aromatic rings. The van der Waals surface area contributed by atoms with Crippen molar-refractivity contribution in [3.05, 3.63) is 30.1 Å². The van der Waals surface area contributed by atoms with Gasteiger partial charge in [-0.25, -0.2) is 0 Å². The van der Waals surface area contributed by atoms with E-state index >= 15 is 0 Å². The molecule has 94 valence electrons. The van der Waals surface area contributed by atoms with Crippen molar-refractivity contribution in [1.29, 1.82) is 0 Å². The molecule has 1 aromatic carbocycles. The fraction of sp³-hybridized carbons (Fsp3) is 0.385. The van der Waals surface area contributed by atoms with Crippen LogP contribution in [0.15, 0.2) is 24.3 Å². The highest BCUT2D eigenvalue weighted by atomic mass is 16.5. The number of aliphatic hydroxyl groups is 1. The molecule has 1 aliphatic rings. The molecule has 1 unspecified atom stereocenters. The number of aliphatic hydroxyl groups excluding tert-OH is 1. The summed E-state index contributed by atoms with van der Waals surface area (Å²) in [6.07, 6.45) is 1.06. The monoisotopic (exact) mass is 245 g/mol. The van der Waals surface area contributed by atoms with E-state index in [4.69, 9.17) is 4.74 Å². The van der Waals surface area contributed by atoms with Crippen LogP contribution in [-0.4, -0.2) is 33.1 Å². The summed E-state index contributed by atoms with van der Waals surface area (Å²) in [6.45, 7) is 0.769. The Hall–Kier alpha value is -1.88. The predicted molar refractivity (Wildman–Crippen MR) is 66.3 cm³/mol. The molecule has 5 heteroatoms. The van der Waals surface area contributed by atoms with Gasteiger partial charge in [0.05, 0.1) is 13.2 Å². The molecule has 1 aliphatic heterocycles. The zero-order chi connectivity index (χ0) is 12.5. The fourth-order valence-corrected chi connectivity index (χ4v) is 2.27. The number of nitrogens with zero attached hydrogens (tertiary/aromatic N) is 3. The number of hydrogen-bond acceptors (Lipinski definition) is 4. The van der Waals surface area contributed by atoms with E-state index in [1.54, 1.807) is 7.11 Å². The van der Waals surface area contributed by atoms with Gasteiger partial charge in [-0.05, 0) is 30.7 Å². The Labute approximate surface area is 105 Å². The zero-order valence-electron chi connectivity index (χ0n) is 10.2. The SMILES string of the molecule is COc1ccc(-c2nnc3n2CCC(O)C3)cc1. The third kappa shape index (κ3) is 1.86. The van der Waals surface area contributed by atoms with Crippen LogP contribution in [-0.2, 0) is 13.0 Å². The van der Waals surface area contributed by atoms with Crippen molar-refractivity contribution >= 4 is 0 Å². The van der Waals surface area contributed by atoms with Gasteiger partial charge in [0.15, 0.2) is 5.82 Å². The summed E-state index contributed by atoms with van der Waals surface area (Å²) < 4.78 is 7.22. The number of methoxy groups -OCH3 is 1. The van der Waals surface area contributed by atoms with Crippen molar-refractivity contribution in [3.8, 4) is 17.1 Å². The summed E-state index contributed by atoms with van der Waals surface area (Å²) in [6, 6.07) is 7.77. The van der Waals surface area contributed by atoms with Crippen LogP contribution in [0.25, 0.3) is 11.4 Å². The van der Waals surface area contributed by atoms with Gasteiger partial charge in [0, 0.05) is 18.5 Å². The van der Waals surface area contributed by atoms with Crippen LogP contribution in [0.5, 0.6) is 5.75 Å².